The van der Waals surface area contributed by atoms with Gasteiger partial charge in [-0.25, -0.2) is 8.78 Å². The van der Waals surface area contributed by atoms with Crippen molar-refractivity contribution in [1.29, 1.82) is 0 Å². The first-order valence-electron chi connectivity index (χ1n) is 10.1. The molecule has 1 aromatic carbocycles. The highest BCUT2D eigenvalue weighted by atomic mass is 35.5. The minimum Gasteiger partial charge on any atom is -0.398 e. The van der Waals surface area contributed by atoms with Crippen molar-refractivity contribution in [3.05, 3.63) is 83.7 Å². The molecule has 4 rings (SSSR count). The quantitative estimate of drug-likeness (QED) is 0.251. The van der Waals surface area contributed by atoms with Gasteiger partial charge in [0.25, 0.3) is 0 Å². The van der Waals surface area contributed by atoms with Gasteiger partial charge in [0, 0.05) is 46.5 Å². The Morgan fingerprint density at radius 3 is 2.56 bits per heavy atom. The number of hydrogen-bond donors (Lipinski definition) is 1. The average molecular weight is 492 g/mol. The van der Waals surface area contributed by atoms with E-state index in [-0.39, 0.29) is 29.3 Å². The molecule has 0 fully saturated rings. The number of ether oxygens (including phenoxy) is 1. The Kier molecular flexibility index (Phi) is 7.09. The molecule has 0 saturated heterocycles. The summed E-state index contributed by atoms with van der Waals surface area (Å²) >= 11 is 5.88. The Balaban J connectivity index is 1.67. The van der Waals surface area contributed by atoms with E-state index >= 15 is 0 Å². The number of nitrogens with zero attached hydrogens (tertiary/aromatic N) is 4. The maximum absolute atomic E-state index is 14.5. The van der Waals surface area contributed by atoms with E-state index in [1.54, 1.807) is 18.3 Å². The number of nitrogens with two attached hydrogens (primary N) is 1. The number of nitrogen functional groups attached to an aromatic ring is 1. The summed E-state index contributed by atoms with van der Waals surface area (Å²) in [6, 6.07) is 6.94. The molecule has 2 N–H and O–H groups in total. The summed E-state index contributed by atoms with van der Waals surface area (Å²) in [5.74, 6) is -1.20. The molecule has 0 spiro atoms. The summed E-state index contributed by atoms with van der Waals surface area (Å²) in [5, 5.41) is 4.20. The topological polar surface area (TPSA) is 78.9 Å². The molecule has 0 aliphatic rings. The molecule has 0 aliphatic heterocycles. The molecule has 11 heteroatoms. The Morgan fingerprint density at radius 1 is 1.03 bits per heavy atom. The molecule has 3 heterocycles. The zero-order chi connectivity index (χ0) is 24.2. The van der Waals surface area contributed by atoms with Crippen LogP contribution in [0.15, 0.2) is 61.3 Å². The lowest BCUT2D eigenvalue weighted by Gasteiger charge is -2.18. The van der Waals surface area contributed by atoms with Crippen molar-refractivity contribution in [2.45, 2.75) is 19.1 Å². The summed E-state index contributed by atoms with van der Waals surface area (Å²) < 4.78 is 59.7. The second-order valence-electron chi connectivity index (χ2n) is 7.30. The van der Waals surface area contributed by atoms with Gasteiger partial charge in [-0.05, 0) is 30.7 Å². The molecule has 1 unspecified atom stereocenters. The fraction of sp³-hybridized carbons (Fsp3) is 0.174. The maximum atomic E-state index is 14.5. The van der Waals surface area contributed by atoms with Crippen LogP contribution in [0.2, 0.25) is 5.02 Å². The van der Waals surface area contributed by atoms with E-state index in [1.807, 2.05) is 0 Å². The van der Waals surface area contributed by atoms with Crippen molar-refractivity contribution >= 4 is 17.3 Å². The van der Waals surface area contributed by atoms with Gasteiger partial charge in [0.15, 0.2) is 5.82 Å². The fourth-order valence-corrected chi connectivity index (χ4v) is 3.71. The van der Waals surface area contributed by atoms with Crippen LogP contribution in [-0.2, 0) is 4.74 Å². The van der Waals surface area contributed by atoms with Crippen LogP contribution in [0, 0.1) is 11.6 Å². The summed E-state index contributed by atoms with van der Waals surface area (Å²) in [4.78, 5) is 8.11. The Hall–Kier alpha value is -3.50. The molecule has 176 valence electrons. The first-order valence-corrected chi connectivity index (χ1v) is 10.5. The molecule has 0 saturated carbocycles. The number of rotatable bonds is 8. The fourth-order valence-electron chi connectivity index (χ4n) is 3.55. The third kappa shape index (κ3) is 5.02. The minimum absolute atomic E-state index is 0.0808. The number of benzene rings is 1. The van der Waals surface area contributed by atoms with E-state index < -0.39 is 24.3 Å². The molecule has 6 nitrogen and oxygen atoms in total. The average Bonchev–Trinajstić information content (AvgIpc) is 3.30. The van der Waals surface area contributed by atoms with Crippen LogP contribution in [0.25, 0.3) is 22.3 Å². The molecule has 0 radical (unpaired) electrons. The van der Waals surface area contributed by atoms with Gasteiger partial charge in [-0.3, -0.25) is 14.6 Å². The highest BCUT2D eigenvalue weighted by molar-refractivity contribution is 6.31. The number of aromatic nitrogens is 4. The number of halogens is 5. The third-order valence-corrected chi connectivity index (χ3v) is 5.47. The van der Waals surface area contributed by atoms with Gasteiger partial charge < -0.3 is 10.5 Å². The van der Waals surface area contributed by atoms with E-state index in [2.05, 4.69) is 19.8 Å². The lowest BCUT2D eigenvalue weighted by atomic mass is 10.0. The molecule has 0 aliphatic carbocycles. The van der Waals surface area contributed by atoms with Gasteiger partial charge in [-0.2, -0.15) is 13.9 Å². The van der Waals surface area contributed by atoms with Crippen LogP contribution in [0.4, 0.5) is 23.2 Å². The van der Waals surface area contributed by atoms with Crippen molar-refractivity contribution in [2.24, 2.45) is 0 Å². The third-order valence-electron chi connectivity index (χ3n) is 5.18. The van der Waals surface area contributed by atoms with Crippen molar-refractivity contribution in [3.8, 4) is 22.3 Å². The largest absolute Gasteiger partial charge is 0.398 e. The highest BCUT2D eigenvalue weighted by Gasteiger charge is 2.20. The van der Waals surface area contributed by atoms with E-state index in [0.717, 1.165) is 6.20 Å². The lowest BCUT2D eigenvalue weighted by molar-refractivity contribution is -0.130. The van der Waals surface area contributed by atoms with Crippen LogP contribution >= 0.6 is 11.6 Å². The lowest BCUT2D eigenvalue weighted by Crippen LogP contribution is -2.16. The number of anilines is 1. The molecule has 1 atom stereocenters. The number of hydrogen-bond acceptors (Lipinski definition) is 5. The smallest absolute Gasteiger partial charge is 0.345 e. The minimum atomic E-state index is -2.93. The zero-order valence-electron chi connectivity index (χ0n) is 17.5. The summed E-state index contributed by atoms with van der Waals surface area (Å²) in [5.41, 5.74) is 7.82. The van der Waals surface area contributed by atoms with Gasteiger partial charge in [-0.1, -0.05) is 17.7 Å². The standard InChI is InChI=1S/C23H18ClF4N5O/c24-16-2-3-18(29)21(22(16)26)13-1-4-19(31-9-13)20(6-8-34-23(27)28)33-12-14(10-32-33)15-5-7-30-11-17(15)25/h1-5,7,9-12,20,23H,6,8,29H2. The molecule has 3 aromatic heterocycles. The SMILES string of the molecule is Nc1ccc(Cl)c(F)c1-c1ccc(C(CCOC(F)F)n2cc(-c3ccncc3F)cn2)nc1. The molecular weight excluding hydrogens is 474 g/mol. The second-order valence-corrected chi connectivity index (χ2v) is 7.70. The van der Waals surface area contributed by atoms with Gasteiger partial charge in [0.2, 0.25) is 0 Å². The molecule has 0 amide bonds. The van der Waals surface area contributed by atoms with E-state index in [9.17, 15) is 17.6 Å². The van der Waals surface area contributed by atoms with Crippen molar-refractivity contribution < 1.29 is 22.3 Å². The number of pyridine rings is 2. The Bertz CT molecular complexity index is 1280. The summed E-state index contributed by atoms with van der Waals surface area (Å²) in [7, 11) is 0. The number of alkyl halides is 2. The van der Waals surface area contributed by atoms with Gasteiger partial charge in [0.1, 0.15) is 5.82 Å². The second kappa shape index (κ2) is 10.2. The summed E-state index contributed by atoms with van der Waals surface area (Å²) in [6.07, 6.45) is 7.08. The van der Waals surface area contributed by atoms with Crippen LogP contribution in [0.1, 0.15) is 18.2 Å². The van der Waals surface area contributed by atoms with Crippen molar-refractivity contribution in [1.82, 2.24) is 19.7 Å². The van der Waals surface area contributed by atoms with Crippen molar-refractivity contribution in [2.75, 3.05) is 12.3 Å². The molecule has 4 aromatic rings. The van der Waals surface area contributed by atoms with Gasteiger partial charge in [0.05, 0.1) is 35.8 Å². The normalized spacial score (nSPS) is 12.3. The predicted molar refractivity (Wildman–Crippen MR) is 119 cm³/mol. The van der Waals surface area contributed by atoms with Gasteiger partial charge in [-0.15, -0.1) is 0 Å². The van der Waals surface area contributed by atoms with Crippen molar-refractivity contribution in [3.63, 3.8) is 0 Å². The highest BCUT2D eigenvalue weighted by Crippen LogP contribution is 2.33. The predicted octanol–water partition coefficient (Wildman–Crippen LogP) is 5.74. The van der Waals surface area contributed by atoms with Crippen LogP contribution < -0.4 is 5.73 Å². The van der Waals surface area contributed by atoms with Crippen LogP contribution in [0.5, 0.6) is 0 Å². The zero-order valence-corrected chi connectivity index (χ0v) is 18.3. The molecular formula is C23H18ClF4N5O. The van der Waals surface area contributed by atoms with E-state index in [4.69, 9.17) is 17.3 Å². The Morgan fingerprint density at radius 2 is 1.85 bits per heavy atom. The molecule has 0 bridgehead atoms. The first-order chi connectivity index (χ1) is 16.3. The van der Waals surface area contributed by atoms with E-state index in [1.165, 1.54) is 41.5 Å². The van der Waals surface area contributed by atoms with Crippen LogP contribution in [0.3, 0.4) is 0 Å². The Labute approximate surface area is 197 Å². The monoisotopic (exact) mass is 491 g/mol. The van der Waals surface area contributed by atoms with Gasteiger partial charge >= 0.3 is 6.61 Å². The van der Waals surface area contributed by atoms with Crippen LogP contribution in [-0.4, -0.2) is 33.0 Å². The summed E-state index contributed by atoms with van der Waals surface area (Å²) in [6.45, 7) is -3.20. The molecule has 34 heavy (non-hydrogen) atoms. The maximum Gasteiger partial charge on any atom is 0.345 e. The van der Waals surface area contributed by atoms with E-state index in [0.29, 0.717) is 22.4 Å². The first kappa shape index (κ1) is 23.7.